The molecule has 0 saturated heterocycles. The van der Waals surface area contributed by atoms with Gasteiger partial charge in [0.25, 0.3) is 5.91 Å². The number of benzene rings is 2. The van der Waals surface area contributed by atoms with Crippen LogP contribution in [0, 0.1) is 0 Å². The predicted molar refractivity (Wildman–Crippen MR) is 84.5 cm³/mol. The number of hydrogen-bond donors (Lipinski definition) is 2. The number of carbonyl (C=O) groups is 1. The number of amides is 1. The van der Waals surface area contributed by atoms with Gasteiger partial charge in [0.1, 0.15) is 0 Å². The lowest BCUT2D eigenvalue weighted by Crippen LogP contribution is -2.51. The van der Waals surface area contributed by atoms with Crippen molar-refractivity contribution < 1.29 is 23.1 Å². The lowest BCUT2D eigenvalue weighted by Gasteiger charge is -2.31. The monoisotopic (exact) mass is 337 g/mol. The fraction of sp³-hybridized carbons (Fsp3) is 0.278. The van der Waals surface area contributed by atoms with Crippen molar-refractivity contribution in [3.05, 3.63) is 71.3 Å². The zero-order valence-corrected chi connectivity index (χ0v) is 13.1. The number of carbonyl (C=O) groups excluding carboxylic acids is 1. The second-order valence-corrected chi connectivity index (χ2v) is 5.46. The largest absolute Gasteiger partial charge is 0.423 e. The summed E-state index contributed by atoms with van der Waals surface area (Å²) in [5, 5.41) is 12.3. The first-order valence-electron chi connectivity index (χ1n) is 7.49. The van der Waals surface area contributed by atoms with Gasteiger partial charge in [-0.2, -0.15) is 13.2 Å². The van der Waals surface area contributed by atoms with E-state index in [9.17, 15) is 23.1 Å². The van der Waals surface area contributed by atoms with Crippen LogP contribution in [0.2, 0.25) is 0 Å². The Hall–Kier alpha value is -2.34. The van der Waals surface area contributed by atoms with Gasteiger partial charge in [-0.05, 0) is 29.7 Å². The molecule has 2 N–H and O–H groups in total. The first-order chi connectivity index (χ1) is 11.3. The van der Waals surface area contributed by atoms with Gasteiger partial charge in [-0.3, -0.25) is 4.79 Å². The standard InChI is InChI=1S/C18H18F3NO2/c1-2-13-8-10-14(11-9-13)16(23)22-12-17(24,18(19,20)21)15-6-4-3-5-7-15/h3-11,24H,2,12H2,1H3,(H,22,23). The van der Waals surface area contributed by atoms with Gasteiger partial charge in [0.05, 0.1) is 6.54 Å². The van der Waals surface area contributed by atoms with Gasteiger partial charge in [-0.1, -0.05) is 49.4 Å². The lowest BCUT2D eigenvalue weighted by molar-refractivity contribution is -0.263. The summed E-state index contributed by atoms with van der Waals surface area (Å²) >= 11 is 0. The number of halogens is 3. The molecule has 0 aliphatic heterocycles. The fourth-order valence-electron chi connectivity index (χ4n) is 2.28. The van der Waals surface area contributed by atoms with Crippen LogP contribution in [0.4, 0.5) is 13.2 Å². The number of nitrogens with one attached hydrogen (secondary N) is 1. The van der Waals surface area contributed by atoms with Crippen LogP contribution in [0.25, 0.3) is 0 Å². The van der Waals surface area contributed by atoms with Gasteiger partial charge < -0.3 is 10.4 Å². The van der Waals surface area contributed by atoms with Crippen molar-refractivity contribution in [1.29, 1.82) is 0 Å². The van der Waals surface area contributed by atoms with E-state index in [0.717, 1.165) is 12.0 Å². The van der Waals surface area contributed by atoms with Crippen LogP contribution in [-0.2, 0) is 12.0 Å². The molecule has 24 heavy (non-hydrogen) atoms. The predicted octanol–water partition coefficient (Wildman–Crippen LogP) is 3.43. The normalized spacial score (nSPS) is 14.0. The van der Waals surface area contributed by atoms with E-state index in [2.05, 4.69) is 5.32 Å². The quantitative estimate of drug-likeness (QED) is 0.878. The number of aliphatic hydroxyl groups is 1. The number of rotatable bonds is 5. The molecule has 0 saturated carbocycles. The minimum atomic E-state index is -4.92. The third-order valence-corrected chi connectivity index (χ3v) is 3.85. The summed E-state index contributed by atoms with van der Waals surface area (Å²) < 4.78 is 40.0. The van der Waals surface area contributed by atoms with Crippen LogP contribution in [0.1, 0.15) is 28.4 Å². The summed E-state index contributed by atoms with van der Waals surface area (Å²) in [7, 11) is 0. The summed E-state index contributed by atoms with van der Waals surface area (Å²) in [6.07, 6.45) is -4.13. The Bertz CT molecular complexity index is 684. The second-order valence-electron chi connectivity index (χ2n) is 5.46. The molecule has 1 amide bonds. The molecule has 0 aromatic heterocycles. The van der Waals surface area contributed by atoms with Gasteiger partial charge in [-0.15, -0.1) is 0 Å². The minimum Gasteiger partial charge on any atom is -0.375 e. The van der Waals surface area contributed by atoms with Crippen LogP contribution in [-0.4, -0.2) is 23.7 Å². The molecular formula is C18H18F3NO2. The van der Waals surface area contributed by atoms with Crippen molar-refractivity contribution in [2.75, 3.05) is 6.54 Å². The van der Waals surface area contributed by atoms with Gasteiger partial charge in [0.2, 0.25) is 5.60 Å². The second kappa shape index (κ2) is 7.05. The van der Waals surface area contributed by atoms with Crippen LogP contribution in [0.15, 0.2) is 54.6 Å². The maximum atomic E-state index is 13.3. The Morgan fingerprint density at radius 3 is 2.12 bits per heavy atom. The Balaban J connectivity index is 2.17. The van der Waals surface area contributed by atoms with Crippen molar-refractivity contribution in [1.82, 2.24) is 5.32 Å². The molecule has 2 rings (SSSR count). The molecule has 1 unspecified atom stereocenters. The maximum absolute atomic E-state index is 13.3. The highest BCUT2D eigenvalue weighted by Gasteiger charge is 2.55. The molecular weight excluding hydrogens is 319 g/mol. The summed E-state index contributed by atoms with van der Waals surface area (Å²) in [6.45, 7) is 0.993. The first kappa shape index (κ1) is 18.0. The molecule has 0 aliphatic rings. The van der Waals surface area contributed by atoms with E-state index >= 15 is 0 Å². The topological polar surface area (TPSA) is 49.3 Å². The molecule has 1 atom stereocenters. The van der Waals surface area contributed by atoms with Gasteiger partial charge >= 0.3 is 6.18 Å². The van der Waals surface area contributed by atoms with Crippen molar-refractivity contribution >= 4 is 5.91 Å². The van der Waals surface area contributed by atoms with Crippen LogP contribution >= 0.6 is 0 Å². The summed E-state index contributed by atoms with van der Waals surface area (Å²) in [6, 6.07) is 13.3. The molecule has 6 heteroatoms. The van der Waals surface area contributed by atoms with Crippen LogP contribution in [0.3, 0.4) is 0 Å². The molecule has 128 valence electrons. The van der Waals surface area contributed by atoms with Crippen molar-refractivity contribution in [3.63, 3.8) is 0 Å². The summed E-state index contributed by atoms with van der Waals surface area (Å²) in [4.78, 5) is 12.1. The molecule has 3 nitrogen and oxygen atoms in total. The Kier molecular flexibility index (Phi) is 5.29. The summed E-state index contributed by atoms with van der Waals surface area (Å²) in [5.74, 6) is -0.670. The van der Waals surface area contributed by atoms with E-state index in [-0.39, 0.29) is 11.1 Å². The van der Waals surface area contributed by atoms with Gasteiger partial charge in [0, 0.05) is 5.56 Å². The lowest BCUT2D eigenvalue weighted by atomic mass is 9.93. The molecule has 0 aliphatic carbocycles. The Morgan fingerprint density at radius 2 is 1.62 bits per heavy atom. The highest BCUT2D eigenvalue weighted by Crippen LogP contribution is 2.38. The van der Waals surface area contributed by atoms with E-state index in [4.69, 9.17) is 0 Å². The highest BCUT2D eigenvalue weighted by molar-refractivity contribution is 5.94. The zero-order chi connectivity index (χ0) is 17.8. The van der Waals surface area contributed by atoms with E-state index < -0.39 is 24.2 Å². The number of hydrogen-bond acceptors (Lipinski definition) is 2. The SMILES string of the molecule is CCc1ccc(C(=O)NCC(O)(c2ccccc2)C(F)(F)F)cc1. The average Bonchev–Trinajstić information content (AvgIpc) is 2.59. The molecule has 0 heterocycles. The molecule has 0 radical (unpaired) electrons. The average molecular weight is 337 g/mol. The first-order valence-corrected chi connectivity index (χ1v) is 7.49. The Labute approximate surface area is 138 Å². The van der Waals surface area contributed by atoms with E-state index in [1.807, 2.05) is 6.92 Å². The highest BCUT2D eigenvalue weighted by atomic mass is 19.4. The third kappa shape index (κ3) is 3.76. The smallest absolute Gasteiger partial charge is 0.375 e. The van der Waals surface area contributed by atoms with Crippen molar-refractivity contribution in [2.24, 2.45) is 0 Å². The number of aryl methyl sites for hydroxylation is 1. The fourth-order valence-corrected chi connectivity index (χ4v) is 2.28. The van der Waals surface area contributed by atoms with Gasteiger partial charge in [-0.25, -0.2) is 0 Å². The van der Waals surface area contributed by atoms with E-state index in [1.54, 1.807) is 30.3 Å². The molecule has 0 spiro atoms. The Morgan fingerprint density at radius 1 is 1.04 bits per heavy atom. The van der Waals surface area contributed by atoms with Crippen molar-refractivity contribution in [2.45, 2.75) is 25.1 Å². The van der Waals surface area contributed by atoms with E-state index in [1.165, 1.54) is 24.3 Å². The zero-order valence-electron chi connectivity index (χ0n) is 13.1. The molecule has 2 aromatic carbocycles. The molecule has 2 aromatic rings. The third-order valence-electron chi connectivity index (χ3n) is 3.85. The van der Waals surface area contributed by atoms with Crippen molar-refractivity contribution in [3.8, 4) is 0 Å². The van der Waals surface area contributed by atoms with Crippen LogP contribution < -0.4 is 5.32 Å². The summed E-state index contributed by atoms with van der Waals surface area (Å²) in [5.41, 5.74) is -2.21. The van der Waals surface area contributed by atoms with E-state index in [0.29, 0.717) is 0 Å². The van der Waals surface area contributed by atoms with Crippen LogP contribution in [0.5, 0.6) is 0 Å². The van der Waals surface area contributed by atoms with Gasteiger partial charge in [0.15, 0.2) is 0 Å². The molecule has 0 bridgehead atoms. The molecule has 0 fully saturated rings. The maximum Gasteiger partial charge on any atom is 0.423 e. The number of alkyl halides is 3. The minimum absolute atomic E-state index is 0.241.